The number of hydrogen-bond acceptors (Lipinski definition) is 2. The first-order chi connectivity index (χ1) is 5.83. The summed E-state index contributed by atoms with van der Waals surface area (Å²) in [6, 6.07) is 0. The van der Waals surface area contributed by atoms with E-state index in [1.54, 1.807) is 6.33 Å². The topological polar surface area (TPSA) is 43.8 Å². The van der Waals surface area contributed by atoms with Crippen LogP contribution in [-0.2, 0) is 6.54 Å². The smallest absolute Gasteiger partial charge is 0.141 e. The first-order valence-electron chi connectivity index (χ1n) is 4.60. The molecule has 3 heteroatoms. The fraction of sp³-hybridized carbons (Fsp3) is 0.667. The fourth-order valence-electron chi connectivity index (χ4n) is 1.22. The number of aromatic nitrogens is 2. The summed E-state index contributed by atoms with van der Waals surface area (Å²) < 4.78 is 2.05. The molecule has 1 heterocycles. The summed E-state index contributed by atoms with van der Waals surface area (Å²) in [5.41, 5.74) is 5.48. The number of nitrogens with zero attached hydrogens (tertiary/aromatic N) is 2. The molecule has 0 atom stereocenters. The van der Waals surface area contributed by atoms with Crippen LogP contribution in [0.1, 0.15) is 32.6 Å². The molecule has 1 rings (SSSR count). The number of anilines is 1. The minimum atomic E-state index is 0.616. The molecule has 0 amide bonds. The third kappa shape index (κ3) is 2.95. The van der Waals surface area contributed by atoms with Gasteiger partial charge in [0.15, 0.2) is 0 Å². The maximum Gasteiger partial charge on any atom is 0.141 e. The van der Waals surface area contributed by atoms with E-state index in [-0.39, 0.29) is 0 Å². The molecule has 0 saturated carbocycles. The highest BCUT2D eigenvalue weighted by atomic mass is 15.1. The van der Waals surface area contributed by atoms with Gasteiger partial charge in [0.25, 0.3) is 0 Å². The van der Waals surface area contributed by atoms with Gasteiger partial charge in [-0.2, -0.15) is 0 Å². The average Bonchev–Trinajstić information content (AvgIpc) is 2.45. The van der Waals surface area contributed by atoms with Gasteiger partial charge in [0.1, 0.15) is 5.82 Å². The monoisotopic (exact) mass is 167 g/mol. The molecular formula is C9H17N3. The lowest BCUT2D eigenvalue weighted by molar-refractivity contribution is 0.582. The minimum Gasteiger partial charge on any atom is -0.382 e. The van der Waals surface area contributed by atoms with Gasteiger partial charge in [0.05, 0.1) is 6.33 Å². The average molecular weight is 167 g/mol. The van der Waals surface area contributed by atoms with E-state index in [0.717, 1.165) is 6.54 Å². The Morgan fingerprint density at radius 2 is 2.25 bits per heavy atom. The van der Waals surface area contributed by atoms with E-state index < -0.39 is 0 Å². The SMILES string of the molecule is CCCCCCn1cnc(N)c1. The van der Waals surface area contributed by atoms with Gasteiger partial charge in [0, 0.05) is 12.7 Å². The van der Waals surface area contributed by atoms with Crippen molar-refractivity contribution in [2.24, 2.45) is 0 Å². The van der Waals surface area contributed by atoms with Crippen LogP contribution in [0.15, 0.2) is 12.5 Å². The highest BCUT2D eigenvalue weighted by Gasteiger charge is 1.93. The van der Waals surface area contributed by atoms with Gasteiger partial charge in [-0.1, -0.05) is 26.2 Å². The lowest BCUT2D eigenvalue weighted by Gasteiger charge is -1.99. The number of aryl methyl sites for hydroxylation is 1. The number of unbranched alkanes of at least 4 members (excludes halogenated alkanes) is 3. The van der Waals surface area contributed by atoms with Crippen LogP contribution in [0.2, 0.25) is 0 Å². The normalized spacial score (nSPS) is 10.4. The number of rotatable bonds is 5. The van der Waals surface area contributed by atoms with Crippen LogP contribution in [0.3, 0.4) is 0 Å². The second-order valence-corrected chi connectivity index (χ2v) is 3.10. The number of nitrogen functional groups attached to an aromatic ring is 1. The molecule has 1 aromatic heterocycles. The third-order valence-corrected chi connectivity index (χ3v) is 1.92. The van der Waals surface area contributed by atoms with Gasteiger partial charge in [-0.3, -0.25) is 0 Å². The Morgan fingerprint density at radius 3 is 2.83 bits per heavy atom. The highest BCUT2D eigenvalue weighted by molar-refractivity contribution is 5.22. The van der Waals surface area contributed by atoms with Gasteiger partial charge < -0.3 is 10.3 Å². The first kappa shape index (κ1) is 9.10. The Morgan fingerprint density at radius 1 is 1.42 bits per heavy atom. The Hall–Kier alpha value is -0.990. The Labute approximate surface area is 73.6 Å². The quantitative estimate of drug-likeness (QED) is 0.682. The van der Waals surface area contributed by atoms with Crippen molar-refractivity contribution in [2.45, 2.75) is 39.2 Å². The molecule has 0 radical (unpaired) electrons. The van der Waals surface area contributed by atoms with E-state index in [1.807, 2.05) is 10.8 Å². The van der Waals surface area contributed by atoms with Crippen LogP contribution >= 0.6 is 0 Å². The molecule has 0 unspecified atom stereocenters. The largest absolute Gasteiger partial charge is 0.382 e. The van der Waals surface area contributed by atoms with Crippen molar-refractivity contribution < 1.29 is 0 Å². The van der Waals surface area contributed by atoms with E-state index in [0.29, 0.717) is 5.82 Å². The van der Waals surface area contributed by atoms with Crippen molar-refractivity contribution in [1.82, 2.24) is 9.55 Å². The summed E-state index contributed by atoms with van der Waals surface area (Å²) in [6.45, 7) is 3.26. The standard InChI is InChI=1S/C9H17N3/c1-2-3-4-5-6-12-7-9(10)11-8-12/h7-8H,2-6,10H2,1H3. The predicted octanol–water partition coefficient (Wildman–Crippen LogP) is 2.05. The van der Waals surface area contributed by atoms with E-state index in [1.165, 1.54) is 25.7 Å². The molecule has 0 aromatic carbocycles. The van der Waals surface area contributed by atoms with Crippen LogP contribution in [0, 0.1) is 0 Å². The molecule has 0 bridgehead atoms. The zero-order chi connectivity index (χ0) is 8.81. The second kappa shape index (κ2) is 4.80. The number of hydrogen-bond donors (Lipinski definition) is 1. The van der Waals surface area contributed by atoms with E-state index in [9.17, 15) is 0 Å². The van der Waals surface area contributed by atoms with Crippen LogP contribution in [0.5, 0.6) is 0 Å². The van der Waals surface area contributed by atoms with Gasteiger partial charge in [-0.15, -0.1) is 0 Å². The molecule has 0 fully saturated rings. The van der Waals surface area contributed by atoms with Crippen molar-refractivity contribution >= 4 is 5.82 Å². The zero-order valence-corrected chi connectivity index (χ0v) is 7.66. The summed E-state index contributed by atoms with van der Waals surface area (Å²) in [6.07, 6.45) is 8.81. The first-order valence-corrected chi connectivity index (χ1v) is 4.60. The molecule has 12 heavy (non-hydrogen) atoms. The van der Waals surface area contributed by atoms with Crippen LogP contribution < -0.4 is 5.73 Å². The molecule has 0 spiro atoms. The minimum absolute atomic E-state index is 0.616. The second-order valence-electron chi connectivity index (χ2n) is 3.10. The van der Waals surface area contributed by atoms with Crippen molar-refractivity contribution in [3.05, 3.63) is 12.5 Å². The summed E-state index contributed by atoms with van der Waals surface area (Å²) in [5, 5.41) is 0. The summed E-state index contributed by atoms with van der Waals surface area (Å²) in [5.74, 6) is 0.616. The lowest BCUT2D eigenvalue weighted by atomic mass is 10.2. The number of nitrogens with two attached hydrogens (primary N) is 1. The fourth-order valence-corrected chi connectivity index (χ4v) is 1.22. The van der Waals surface area contributed by atoms with Crippen molar-refractivity contribution in [1.29, 1.82) is 0 Å². The lowest BCUT2D eigenvalue weighted by Crippen LogP contribution is -1.94. The maximum absolute atomic E-state index is 5.48. The van der Waals surface area contributed by atoms with Crippen molar-refractivity contribution in [2.75, 3.05) is 5.73 Å². The number of imidazole rings is 1. The Bertz CT molecular complexity index is 217. The summed E-state index contributed by atoms with van der Waals surface area (Å²) >= 11 is 0. The summed E-state index contributed by atoms with van der Waals surface area (Å²) in [7, 11) is 0. The highest BCUT2D eigenvalue weighted by Crippen LogP contribution is 2.03. The molecule has 2 N–H and O–H groups in total. The maximum atomic E-state index is 5.48. The van der Waals surface area contributed by atoms with E-state index in [2.05, 4.69) is 11.9 Å². The Balaban J connectivity index is 2.15. The van der Waals surface area contributed by atoms with Crippen LogP contribution in [0.4, 0.5) is 5.82 Å². The molecule has 68 valence electrons. The van der Waals surface area contributed by atoms with Gasteiger partial charge in [-0.05, 0) is 6.42 Å². The molecule has 0 aliphatic carbocycles. The van der Waals surface area contributed by atoms with Crippen molar-refractivity contribution in [3.63, 3.8) is 0 Å². The van der Waals surface area contributed by atoms with Gasteiger partial charge in [-0.25, -0.2) is 4.98 Å². The van der Waals surface area contributed by atoms with Crippen LogP contribution in [0.25, 0.3) is 0 Å². The van der Waals surface area contributed by atoms with E-state index >= 15 is 0 Å². The summed E-state index contributed by atoms with van der Waals surface area (Å²) in [4.78, 5) is 3.96. The van der Waals surface area contributed by atoms with Gasteiger partial charge >= 0.3 is 0 Å². The molecule has 0 aliphatic heterocycles. The van der Waals surface area contributed by atoms with E-state index in [4.69, 9.17) is 5.73 Å². The van der Waals surface area contributed by atoms with Crippen molar-refractivity contribution in [3.8, 4) is 0 Å². The van der Waals surface area contributed by atoms with Gasteiger partial charge in [0.2, 0.25) is 0 Å². The molecule has 1 aromatic rings. The zero-order valence-electron chi connectivity index (χ0n) is 7.66. The molecule has 0 aliphatic rings. The molecule has 3 nitrogen and oxygen atoms in total. The Kier molecular flexibility index (Phi) is 3.64. The predicted molar refractivity (Wildman–Crippen MR) is 50.8 cm³/mol. The molecule has 0 saturated heterocycles. The van der Waals surface area contributed by atoms with Crippen LogP contribution in [-0.4, -0.2) is 9.55 Å². The molecular weight excluding hydrogens is 150 g/mol. The third-order valence-electron chi connectivity index (χ3n) is 1.92.